The number of aryl methyl sites for hydroxylation is 1. The van der Waals surface area contributed by atoms with Gasteiger partial charge in [0.2, 0.25) is 11.9 Å². The van der Waals surface area contributed by atoms with E-state index in [-0.39, 0.29) is 17.9 Å². The molecule has 1 aromatic heterocycles. The number of hydrogen-bond donors (Lipinski definition) is 3. The highest BCUT2D eigenvalue weighted by molar-refractivity contribution is 6.30. The molecule has 0 bridgehead atoms. The van der Waals surface area contributed by atoms with Crippen LogP contribution in [-0.4, -0.2) is 35.3 Å². The molecule has 3 atom stereocenters. The van der Waals surface area contributed by atoms with Crippen LogP contribution in [0.15, 0.2) is 42.5 Å². The molecule has 4 rings (SSSR count). The number of methoxy groups -OCH3 is 1. The Morgan fingerprint density at radius 1 is 1.20 bits per heavy atom. The second kappa shape index (κ2) is 8.45. The molecule has 30 heavy (non-hydrogen) atoms. The number of aromatic nitrogens is 2. The van der Waals surface area contributed by atoms with Gasteiger partial charge in [0.05, 0.1) is 24.2 Å². The number of anilines is 1. The molecule has 2 aromatic carbocycles. The van der Waals surface area contributed by atoms with Crippen LogP contribution in [0.25, 0.3) is 10.9 Å². The first kappa shape index (κ1) is 20.4. The summed E-state index contributed by atoms with van der Waals surface area (Å²) in [6.07, 6.45) is 0.152. The minimum atomic E-state index is -0.460. The second-order valence-corrected chi connectivity index (χ2v) is 7.93. The van der Waals surface area contributed by atoms with Crippen molar-refractivity contribution in [1.29, 1.82) is 0 Å². The fourth-order valence-electron chi connectivity index (χ4n) is 3.74. The first-order valence-corrected chi connectivity index (χ1v) is 10.2. The molecule has 0 aliphatic carbocycles. The minimum absolute atomic E-state index is 0.0269. The number of hydrogen-bond acceptors (Lipinski definition) is 6. The monoisotopic (exact) mass is 425 g/mol. The SMILES string of the molecule is COc1ccc2nc(NC3NC(=O)C(Cc4cccc(Cl)c4)C(C)N3)nc(C)c2c1. The van der Waals surface area contributed by atoms with Gasteiger partial charge in [-0.3, -0.25) is 10.1 Å². The van der Waals surface area contributed by atoms with Crippen molar-refractivity contribution in [2.75, 3.05) is 12.4 Å². The van der Waals surface area contributed by atoms with E-state index < -0.39 is 6.29 Å². The van der Waals surface area contributed by atoms with E-state index in [9.17, 15) is 4.79 Å². The van der Waals surface area contributed by atoms with Crippen molar-refractivity contribution >= 4 is 34.4 Å². The van der Waals surface area contributed by atoms with Crippen LogP contribution in [0.1, 0.15) is 18.2 Å². The highest BCUT2D eigenvalue weighted by Crippen LogP contribution is 2.23. The molecule has 8 heteroatoms. The molecule has 3 N–H and O–H groups in total. The Balaban J connectivity index is 1.47. The van der Waals surface area contributed by atoms with E-state index in [1.54, 1.807) is 7.11 Å². The summed E-state index contributed by atoms with van der Waals surface area (Å²) in [5.41, 5.74) is 2.67. The number of rotatable bonds is 5. The average Bonchev–Trinajstić information content (AvgIpc) is 2.71. The van der Waals surface area contributed by atoms with Gasteiger partial charge in [0, 0.05) is 16.5 Å². The topological polar surface area (TPSA) is 88.2 Å². The normalized spacial score (nSPS) is 21.3. The van der Waals surface area contributed by atoms with Crippen LogP contribution in [0.3, 0.4) is 0 Å². The molecule has 156 valence electrons. The number of benzene rings is 2. The van der Waals surface area contributed by atoms with Crippen LogP contribution in [-0.2, 0) is 11.2 Å². The number of amides is 1. The van der Waals surface area contributed by atoms with Gasteiger partial charge >= 0.3 is 0 Å². The van der Waals surface area contributed by atoms with Crippen molar-refractivity contribution < 1.29 is 9.53 Å². The van der Waals surface area contributed by atoms with E-state index in [2.05, 4.69) is 25.9 Å². The number of carbonyl (C=O) groups is 1. The summed E-state index contributed by atoms with van der Waals surface area (Å²) < 4.78 is 5.28. The zero-order valence-corrected chi connectivity index (χ0v) is 17.8. The minimum Gasteiger partial charge on any atom is -0.497 e. The fourth-order valence-corrected chi connectivity index (χ4v) is 3.96. The summed E-state index contributed by atoms with van der Waals surface area (Å²) in [5.74, 6) is 0.980. The molecular formula is C22H24ClN5O2. The van der Waals surface area contributed by atoms with Crippen molar-refractivity contribution in [2.24, 2.45) is 5.92 Å². The molecular weight excluding hydrogens is 402 g/mol. The number of halogens is 1. The number of fused-ring (bicyclic) bond motifs is 1. The van der Waals surface area contributed by atoms with Gasteiger partial charge in [0.1, 0.15) is 5.75 Å². The van der Waals surface area contributed by atoms with Gasteiger partial charge in [0.15, 0.2) is 6.29 Å². The maximum Gasteiger partial charge on any atom is 0.227 e. The summed E-state index contributed by atoms with van der Waals surface area (Å²) in [7, 11) is 1.63. The van der Waals surface area contributed by atoms with Crippen LogP contribution in [0.2, 0.25) is 5.02 Å². The number of ether oxygens (including phenoxy) is 1. The molecule has 7 nitrogen and oxygen atoms in total. The number of carbonyl (C=O) groups excluding carboxylic acids is 1. The molecule has 1 amide bonds. The van der Waals surface area contributed by atoms with Crippen molar-refractivity contribution in [1.82, 2.24) is 20.6 Å². The third-order valence-electron chi connectivity index (χ3n) is 5.37. The third-order valence-corrected chi connectivity index (χ3v) is 5.60. The third kappa shape index (κ3) is 4.32. The highest BCUT2D eigenvalue weighted by Gasteiger charge is 2.33. The standard InChI is InChI=1S/C22H24ClN5O2/c1-12-17-11-16(30-3)7-8-19(17)26-21(24-12)28-22-25-13(2)18(20(29)27-22)10-14-5-4-6-15(23)9-14/h4-9,11,13,18,22,25H,10H2,1-3H3,(H,27,29)(H,24,26,28). The quantitative estimate of drug-likeness (QED) is 0.581. The van der Waals surface area contributed by atoms with E-state index in [0.717, 1.165) is 27.9 Å². The molecule has 1 aliphatic heterocycles. The van der Waals surface area contributed by atoms with Gasteiger partial charge < -0.3 is 15.4 Å². The van der Waals surface area contributed by atoms with E-state index in [0.29, 0.717) is 17.4 Å². The zero-order valence-electron chi connectivity index (χ0n) is 17.1. The number of nitrogens with zero attached hydrogens (tertiary/aromatic N) is 2. The molecule has 0 spiro atoms. The van der Waals surface area contributed by atoms with Crippen molar-refractivity contribution in [2.45, 2.75) is 32.6 Å². The molecule has 3 unspecified atom stereocenters. The van der Waals surface area contributed by atoms with Crippen LogP contribution in [0.5, 0.6) is 5.75 Å². The van der Waals surface area contributed by atoms with E-state index in [1.165, 1.54) is 0 Å². The molecule has 0 saturated carbocycles. The Kier molecular flexibility index (Phi) is 5.74. The predicted molar refractivity (Wildman–Crippen MR) is 118 cm³/mol. The highest BCUT2D eigenvalue weighted by atomic mass is 35.5. The molecule has 1 aliphatic rings. The molecule has 0 radical (unpaired) electrons. The summed E-state index contributed by atoms with van der Waals surface area (Å²) in [5, 5.41) is 11.1. The van der Waals surface area contributed by atoms with Gasteiger partial charge in [-0.15, -0.1) is 0 Å². The number of nitrogens with one attached hydrogen (secondary N) is 3. The molecule has 3 aromatic rings. The predicted octanol–water partition coefficient (Wildman–Crippen LogP) is 3.26. The molecule has 1 saturated heterocycles. The van der Waals surface area contributed by atoms with Gasteiger partial charge in [-0.25, -0.2) is 9.97 Å². The van der Waals surface area contributed by atoms with E-state index in [1.807, 2.05) is 56.3 Å². The van der Waals surface area contributed by atoms with Crippen LogP contribution >= 0.6 is 11.6 Å². The summed E-state index contributed by atoms with van der Waals surface area (Å²) >= 11 is 6.07. The lowest BCUT2D eigenvalue weighted by molar-refractivity contribution is -0.128. The van der Waals surface area contributed by atoms with Gasteiger partial charge in [-0.2, -0.15) is 0 Å². The van der Waals surface area contributed by atoms with Gasteiger partial charge in [-0.1, -0.05) is 23.7 Å². The van der Waals surface area contributed by atoms with Gasteiger partial charge in [0.25, 0.3) is 0 Å². The van der Waals surface area contributed by atoms with Crippen LogP contribution in [0.4, 0.5) is 5.95 Å². The lowest BCUT2D eigenvalue weighted by Crippen LogP contribution is -2.63. The summed E-state index contributed by atoms with van der Waals surface area (Å²) in [6, 6.07) is 13.2. The van der Waals surface area contributed by atoms with E-state index >= 15 is 0 Å². The van der Waals surface area contributed by atoms with Crippen LogP contribution < -0.4 is 20.7 Å². The lowest BCUT2D eigenvalue weighted by Gasteiger charge is -2.36. The van der Waals surface area contributed by atoms with E-state index in [4.69, 9.17) is 16.3 Å². The summed E-state index contributed by atoms with van der Waals surface area (Å²) in [6.45, 7) is 3.92. The Bertz CT molecular complexity index is 1090. The largest absolute Gasteiger partial charge is 0.497 e. The second-order valence-electron chi connectivity index (χ2n) is 7.50. The van der Waals surface area contributed by atoms with Crippen molar-refractivity contribution in [3.8, 4) is 5.75 Å². The maximum absolute atomic E-state index is 12.8. The smallest absolute Gasteiger partial charge is 0.227 e. The van der Waals surface area contributed by atoms with Crippen LogP contribution in [0, 0.1) is 12.8 Å². The Morgan fingerprint density at radius 2 is 2.03 bits per heavy atom. The molecule has 1 fully saturated rings. The fraction of sp³-hybridized carbons (Fsp3) is 0.318. The Hall–Kier alpha value is -2.90. The van der Waals surface area contributed by atoms with Crippen molar-refractivity contribution in [3.63, 3.8) is 0 Å². The first-order chi connectivity index (χ1) is 14.4. The Morgan fingerprint density at radius 3 is 2.77 bits per heavy atom. The summed E-state index contributed by atoms with van der Waals surface area (Å²) in [4.78, 5) is 21.9. The first-order valence-electron chi connectivity index (χ1n) is 9.83. The molecule has 2 heterocycles. The van der Waals surface area contributed by atoms with Gasteiger partial charge in [-0.05, 0) is 56.2 Å². The maximum atomic E-state index is 12.8. The average molecular weight is 426 g/mol. The van der Waals surface area contributed by atoms with Crippen molar-refractivity contribution in [3.05, 3.63) is 58.7 Å². The Labute approximate surface area is 180 Å². The zero-order chi connectivity index (χ0) is 21.3. The lowest BCUT2D eigenvalue weighted by atomic mass is 9.91.